The molecule has 5 aliphatic heterocycles. The zero-order valence-electron chi connectivity index (χ0n) is 24.7. The summed E-state index contributed by atoms with van der Waals surface area (Å²) in [4.78, 5) is 18.7. The van der Waals surface area contributed by atoms with E-state index in [-0.39, 0.29) is 41.2 Å². The number of halogens is 2. The molecule has 10 rings (SSSR count). The molecule has 2 aromatic carbocycles. The number of benzene rings is 2. The first kappa shape index (κ1) is 26.7. The predicted molar refractivity (Wildman–Crippen MR) is 165 cm³/mol. The second-order valence-corrected chi connectivity index (χ2v) is 13.5. The summed E-state index contributed by atoms with van der Waals surface area (Å²) in [5.74, 6) is 0.152. The number of nitrogens with one attached hydrogen (secondary N) is 1. The molecule has 1 aliphatic carbocycles. The van der Waals surface area contributed by atoms with Crippen LogP contribution in [0.25, 0.3) is 32.9 Å². The van der Waals surface area contributed by atoms with E-state index in [1.807, 2.05) is 6.07 Å². The molecule has 0 radical (unpaired) electrons. The van der Waals surface area contributed by atoms with E-state index in [0.717, 1.165) is 75.4 Å². The van der Waals surface area contributed by atoms with Crippen LogP contribution in [0.4, 0.5) is 14.6 Å². The zero-order valence-corrected chi connectivity index (χ0v) is 24.7. The van der Waals surface area contributed by atoms with Crippen molar-refractivity contribution in [1.29, 1.82) is 0 Å². The number of aromatic hydroxyl groups is 1. The highest BCUT2D eigenvalue weighted by molar-refractivity contribution is 6.02. The molecular formula is C34H36F2N6O2. The van der Waals surface area contributed by atoms with Gasteiger partial charge < -0.3 is 20.1 Å². The molecule has 228 valence electrons. The van der Waals surface area contributed by atoms with Gasteiger partial charge in [0.15, 0.2) is 5.82 Å². The predicted octanol–water partition coefficient (Wildman–Crippen LogP) is 5.07. The quantitative estimate of drug-likeness (QED) is 0.329. The third kappa shape index (κ3) is 4.10. The van der Waals surface area contributed by atoms with Crippen LogP contribution in [0.5, 0.6) is 11.8 Å². The van der Waals surface area contributed by atoms with Gasteiger partial charge in [-0.15, -0.1) is 0 Å². The molecule has 7 heterocycles. The molecule has 4 atom stereocenters. The number of piperazine rings is 1. The summed E-state index contributed by atoms with van der Waals surface area (Å²) < 4.78 is 37.7. The second-order valence-electron chi connectivity index (χ2n) is 13.5. The lowest BCUT2D eigenvalue weighted by molar-refractivity contribution is 0.107. The molecule has 8 nitrogen and oxygen atoms in total. The molecule has 5 fully saturated rings. The normalized spacial score (nSPS) is 27.9. The number of aromatic nitrogens is 3. The van der Waals surface area contributed by atoms with Gasteiger partial charge >= 0.3 is 6.01 Å². The highest BCUT2D eigenvalue weighted by Gasteiger charge is 2.49. The Hall–Kier alpha value is -3.63. The van der Waals surface area contributed by atoms with Crippen molar-refractivity contribution in [2.75, 3.05) is 37.7 Å². The van der Waals surface area contributed by atoms with Crippen molar-refractivity contribution in [3.63, 3.8) is 0 Å². The van der Waals surface area contributed by atoms with Gasteiger partial charge in [-0.25, -0.2) is 8.78 Å². The van der Waals surface area contributed by atoms with E-state index in [1.165, 1.54) is 11.1 Å². The van der Waals surface area contributed by atoms with E-state index in [0.29, 0.717) is 35.8 Å². The molecule has 2 aromatic heterocycles. The molecule has 2 bridgehead atoms. The Bertz CT molecular complexity index is 1810. The summed E-state index contributed by atoms with van der Waals surface area (Å²) in [6.07, 6.45) is 8.21. The third-order valence-electron chi connectivity index (χ3n) is 10.9. The lowest BCUT2D eigenvalue weighted by atomic mass is 9.92. The molecule has 0 saturated carbocycles. The first-order valence-corrected chi connectivity index (χ1v) is 16.1. The van der Waals surface area contributed by atoms with Crippen molar-refractivity contribution < 1.29 is 18.6 Å². The van der Waals surface area contributed by atoms with Crippen molar-refractivity contribution in [3.05, 3.63) is 47.4 Å². The third-order valence-corrected chi connectivity index (χ3v) is 10.9. The first-order valence-electron chi connectivity index (χ1n) is 16.1. The van der Waals surface area contributed by atoms with Crippen molar-refractivity contribution in [1.82, 2.24) is 25.2 Å². The molecule has 0 spiro atoms. The Kier molecular flexibility index (Phi) is 6.04. The maximum Gasteiger partial charge on any atom is 0.319 e. The summed E-state index contributed by atoms with van der Waals surface area (Å²) in [6, 6.07) is 8.17. The van der Waals surface area contributed by atoms with Crippen LogP contribution in [-0.4, -0.2) is 81.5 Å². The minimum Gasteiger partial charge on any atom is -0.508 e. The summed E-state index contributed by atoms with van der Waals surface area (Å²) in [6.45, 7) is 3.18. The number of hydrogen-bond acceptors (Lipinski definition) is 8. The average Bonchev–Trinajstić information content (AvgIpc) is 3.74. The van der Waals surface area contributed by atoms with Gasteiger partial charge in [0.1, 0.15) is 35.6 Å². The highest BCUT2D eigenvalue weighted by Crippen LogP contribution is 2.43. The van der Waals surface area contributed by atoms with Gasteiger partial charge in [-0.3, -0.25) is 9.88 Å². The number of alkyl halides is 1. The maximum absolute atomic E-state index is 16.9. The Labute approximate surface area is 254 Å². The fourth-order valence-corrected chi connectivity index (χ4v) is 8.84. The van der Waals surface area contributed by atoms with E-state index >= 15 is 4.39 Å². The first-order chi connectivity index (χ1) is 21.5. The van der Waals surface area contributed by atoms with Gasteiger partial charge in [-0.2, -0.15) is 9.97 Å². The Morgan fingerprint density at radius 3 is 2.89 bits per heavy atom. The number of phenolic OH excluding ortho intramolecular Hbond substituents is 1. The number of nitrogens with zero attached hydrogens (tertiary/aromatic N) is 5. The number of ether oxygens (including phenoxy) is 1. The average molecular weight is 599 g/mol. The van der Waals surface area contributed by atoms with Crippen LogP contribution < -0.4 is 15.0 Å². The van der Waals surface area contributed by atoms with Crippen molar-refractivity contribution in [2.24, 2.45) is 0 Å². The van der Waals surface area contributed by atoms with Gasteiger partial charge in [0, 0.05) is 49.9 Å². The molecule has 6 aliphatic rings. The number of hydrogen-bond donors (Lipinski definition) is 2. The number of fused-ring (bicyclic) bond motifs is 8. The number of phenols is 1. The molecule has 0 amide bonds. The van der Waals surface area contributed by atoms with Crippen molar-refractivity contribution in [2.45, 2.75) is 75.2 Å². The van der Waals surface area contributed by atoms with Gasteiger partial charge in [0.25, 0.3) is 0 Å². The van der Waals surface area contributed by atoms with Gasteiger partial charge in [0.05, 0.1) is 10.9 Å². The summed E-state index contributed by atoms with van der Waals surface area (Å²) in [5.41, 5.74) is 2.99. The van der Waals surface area contributed by atoms with Gasteiger partial charge in [-0.1, -0.05) is 12.1 Å². The summed E-state index contributed by atoms with van der Waals surface area (Å²) in [5, 5.41) is 16.6. The van der Waals surface area contributed by atoms with E-state index in [4.69, 9.17) is 14.7 Å². The maximum atomic E-state index is 16.9. The van der Waals surface area contributed by atoms with E-state index in [9.17, 15) is 9.50 Å². The standard InChI is InChI=1S/C34H36F2N6O2/c35-21-13-34(9-2-10-41(34)16-21)18-44-33-39-31-27(32(40-33)42-17-22-7-8-23(42)14-37-22)15-38-30(29(31)36)26-12-24(43)11-20-6-5-19-3-1-4-25(19)28(20)26/h5-6,11-12,15,21-23,37,43H,1-4,7-10,13-14,16-18H2/t21-,22?,23?,34+/m1/s1. The van der Waals surface area contributed by atoms with Crippen LogP contribution in [0.15, 0.2) is 30.5 Å². The van der Waals surface area contributed by atoms with Crippen LogP contribution in [0.2, 0.25) is 0 Å². The molecule has 10 heteroatoms. The largest absolute Gasteiger partial charge is 0.508 e. The number of anilines is 1. The highest BCUT2D eigenvalue weighted by atomic mass is 19.1. The zero-order chi connectivity index (χ0) is 29.6. The minimum absolute atomic E-state index is 0.0686. The van der Waals surface area contributed by atoms with Crippen molar-refractivity contribution in [3.8, 4) is 23.0 Å². The topological polar surface area (TPSA) is 86.6 Å². The van der Waals surface area contributed by atoms with E-state index < -0.39 is 12.0 Å². The fourth-order valence-electron chi connectivity index (χ4n) is 8.84. The SMILES string of the molecule is Oc1cc(-c2ncc3c(N4CC5CCC4CN5)nc(OC[C@@]45CCCN4C[C@H](F)C5)nc3c2F)c2c3c(ccc2c1)CCC3. The van der Waals surface area contributed by atoms with Gasteiger partial charge in [-0.05, 0) is 85.5 Å². The molecule has 5 saturated heterocycles. The molecule has 4 aromatic rings. The molecule has 44 heavy (non-hydrogen) atoms. The van der Waals surface area contributed by atoms with E-state index in [1.54, 1.807) is 18.3 Å². The van der Waals surface area contributed by atoms with Crippen LogP contribution in [0, 0.1) is 5.82 Å². The van der Waals surface area contributed by atoms with Crippen LogP contribution in [-0.2, 0) is 12.8 Å². The lowest BCUT2D eigenvalue weighted by Crippen LogP contribution is -2.61. The Morgan fingerprint density at radius 2 is 2.05 bits per heavy atom. The fraction of sp³-hybridized carbons (Fsp3) is 0.500. The monoisotopic (exact) mass is 598 g/mol. The molecule has 2 unspecified atom stereocenters. The van der Waals surface area contributed by atoms with Crippen LogP contribution in [0.1, 0.15) is 49.7 Å². The van der Waals surface area contributed by atoms with Crippen LogP contribution in [0.3, 0.4) is 0 Å². The smallest absolute Gasteiger partial charge is 0.319 e. The molecule has 2 N–H and O–H groups in total. The van der Waals surface area contributed by atoms with Crippen molar-refractivity contribution >= 4 is 27.5 Å². The van der Waals surface area contributed by atoms with Gasteiger partial charge in [0.2, 0.25) is 0 Å². The lowest BCUT2D eigenvalue weighted by Gasteiger charge is -2.46. The summed E-state index contributed by atoms with van der Waals surface area (Å²) >= 11 is 0. The number of pyridine rings is 1. The number of piperidine rings is 2. The Morgan fingerprint density at radius 1 is 1.11 bits per heavy atom. The second kappa shape index (κ2) is 9.94. The minimum atomic E-state index is -0.868. The van der Waals surface area contributed by atoms with Crippen LogP contribution >= 0.6 is 0 Å². The number of rotatable bonds is 5. The summed E-state index contributed by atoms with van der Waals surface area (Å²) in [7, 11) is 0. The van der Waals surface area contributed by atoms with E-state index in [2.05, 4.69) is 26.2 Å². The Balaban J connectivity index is 1.19. The molecular weight excluding hydrogens is 562 g/mol. The number of aryl methyl sites for hydroxylation is 2.